The quantitative estimate of drug-likeness (QED) is 0.541. The number of carbonyl (C=O) groups is 1. The van der Waals surface area contributed by atoms with Gasteiger partial charge in [-0.3, -0.25) is 4.79 Å². The Labute approximate surface area is 169 Å². The van der Waals surface area contributed by atoms with Gasteiger partial charge in [0, 0.05) is 24.6 Å². The molecule has 1 aromatic heterocycles. The van der Waals surface area contributed by atoms with Gasteiger partial charge in [-0.2, -0.15) is 0 Å². The van der Waals surface area contributed by atoms with Gasteiger partial charge in [-0.25, -0.2) is 4.98 Å². The van der Waals surface area contributed by atoms with Crippen molar-refractivity contribution in [3.63, 3.8) is 0 Å². The van der Waals surface area contributed by atoms with E-state index in [0.29, 0.717) is 31.9 Å². The molecule has 6 heteroatoms. The van der Waals surface area contributed by atoms with Crippen LogP contribution in [0.1, 0.15) is 26.6 Å². The maximum atomic E-state index is 12.8. The fourth-order valence-electron chi connectivity index (χ4n) is 2.68. The first kappa shape index (κ1) is 20.0. The largest absolute Gasteiger partial charge is 0.486 e. The number of ether oxygens (including phenoxy) is 2. The fourth-order valence-corrected chi connectivity index (χ4v) is 3.38. The van der Waals surface area contributed by atoms with Crippen molar-refractivity contribution in [3.05, 3.63) is 81.8 Å². The highest BCUT2D eigenvalue weighted by Crippen LogP contribution is 2.17. The second kappa shape index (κ2) is 10.0. The van der Waals surface area contributed by atoms with Crippen molar-refractivity contribution >= 4 is 17.2 Å². The smallest absolute Gasteiger partial charge is 0.254 e. The molecule has 2 aromatic carbocycles. The molecule has 1 heterocycles. The molecule has 3 aromatic rings. The number of methoxy groups -OCH3 is 1. The number of hydrogen-bond acceptors (Lipinski definition) is 5. The maximum absolute atomic E-state index is 12.8. The van der Waals surface area contributed by atoms with Crippen LogP contribution in [0.4, 0.5) is 0 Å². The Bertz CT molecular complexity index is 878. The van der Waals surface area contributed by atoms with Gasteiger partial charge in [-0.05, 0) is 31.2 Å². The highest BCUT2D eigenvalue weighted by molar-refractivity contribution is 7.09. The number of hydrogen-bond donors (Lipinski definition) is 0. The Balaban J connectivity index is 1.62. The Kier molecular flexibility index (Phi) is 7.17. The molecule has 0 atom stereocenters. The number of aromatic nitrogens is 1. The van der Waals surface area contributed by atoms with Gasteiger partial charge >= 0.3 is 0 Å². The second-order valence-electron chi connectivity index (χ2n) is 6.42. The molecule has 3 rings (SSSR count). The van der Waals surface area contributed by atoms with E-state index < -0.39 is 0 Å². The molecule has 146 valence electrons. The van der Waals surface area contributed by atoms with Crippen molar-refractivity contribution in [1.29, 1.82) is 0 Å². The molecule has 0 aliphatic carbocycles. The lowest BCUT2D eigenvalue weighted by molar-refractivity contribution is 0.0678. The maximum Gasteiger partial charge on any atom is 0.254 e. The van der Waals surface area contributed by atoms with Crippen LogP contribution in [0.25, 0.3) is 0 Å². The molecule has 1 amide bonds. The first-order valence-electron chi connectivity index (χ1n) is 9.11. The molecule has 0 bridgehead atoms. The SMILES string of the molecule is COCCN(Cc1csc(COc2ccc(C)cc2)n1)C(=O)c1ccccc1. The first-order valence-corrected chi connectivity index (χ1v) is 9.99. The highest BCUT2D eigenvalue weighted by Gasteiger charge is 2.17. The van der Waals surface area contributed by atoms with Crippen LogP contribution in [0, 0.1) is 6.92 Å². The molecule has 0 saturated heterocycles. The van der Waals surface area contributed by atoms with Crippen molar-refractivity contribution in [1.82, 2.24) is 9.88 Å². The van der Waals surface area contributed by atoms with Gasteiger partial charge in [-0.15, -0.1) is 11.3 Å². The van der Waals surface area contributed by atoms with Crippen LogP contribution in [-0.2, 0) is 17.9 Å². The highest BCUT2D eigenvalue weighted by atomic mass is 32.1. The summed E-state index contributed by atoms with van der Waals surface area (Å²) in [5, 5.41) is 2.86. The first-order chi connectivity index (χ1) is 13.7. The van der Waals surface area contributed by atoms with Crippen molar-refractivity contribution in [2.75, 3.05) is 20.3 Å². The van der Waals surface area contributed by atoms with Gasteiger partial charge in [0.2, 0.25) is 0 Å². The minimum Gasteiger partial charge on any atom is -0.486 e. The van der Waals surface area contributed by atoms with Crippen LogP contribution in [-0.4, -0.2) is 36.1 Å². The van der Waals surface area contributed by atoms with Gasteiger partial charge in [0.1, 0.15) is 17.4 Å². The number of benzene rings is 2. The Morgan fingerprint density at radius 2 is 1.86 bits per heavy atom. The summed E-state index contributed by atoms with van der Waals surface area (Å²) in [7, 11) is 1.63. The van der Waals surface area contributed by atoms with Gasteiger partial charge in [-0.1, -0.05) is 35.9 Å². The predicted octanol–water partition coefficient (Wildman–Crippen LogP) is 4.32. The molecule has 0 aliphatic heterocycles. The molecule has 0 unspecified atom stereocenters. The normalized spacial score (nSPS) is 10.6. The number of thiazole rings is 1. The van der Waals surface area contributed by atoms with Crippen LogP contribution in [0.3, 0.4) is 0 Å². The molecule has 0 radical (unpaired) electrons. The zero-order valence-electron chi connectivity index (χ0n) is 16.1. The molecule has 0 saturated carbocycles. The molecular weight excluding hydrogens is 372 g/mol. The van der Waals surface area contributed by atoms with E-state index in [9.17, 15) is 4.79 Å². The van der Waals surface area contributed by atoms with Gasteiger partial charge in [0.25, 0.3) is 5.91 Å². The lowest BCUT2D eigenvalue weighted by atomic mass is 10.2. The monoisotopic (exact) mass is 396 g/mol. The lowest BCUT2D eigenvalue weighted by Gasteiger charge is -2.21. The number of amides is 1. The summed E-state index contributed by atoms with van der Waals surface area (Å²) < 4.78 is 11.0. The third-order valence-corrected chi connectivity index (χ3v) is 5.08. The summed E-state index contributed by atoms with van der Waals surface area (Å²) in [5.41, 5.74) is 2.72. The summed E-state index contributed by atoms with van der Waals surface area (Å²) >= 11 is 1.54. The van der Waals surface area contributed by atoms with E-state index in [2.05, 4.69) is 4.98 Å². The summed E-state index contributed by atoms with van der Waals surface area (Å²) in [6.45, 7) is 3.89. The number of nitrogens with zero attached hydrogens (tertiary/aromatic N) is 2. The van der Waals surface area contributed by atoms with Gasteiger partial charge in [0.15, 0.2) is 0 Å². The molecule has 0 spiro atoms. The third-order valence-electron chi connectivity index (χ3n) is 4.21. The van der Waals surface area contributed by atoms with E-state index in [1.54, 1.807) is 12.0 Å². The molecule has 5 nitrogen and oxygen atoms in total. The summed E-state index contributed by atoms with van der Waals surface area (Å²) in [5.74, 6) is 0.798. The van der Waals surface area contributed by atoms with E-state index in [4.69, 9.17) is 9.47 Å². The predicted molar refractivity (Wildman–Crippen MR) is 111 cm³/mol. The zero-order valence-corrected chi connectivity index (χ0v) is 16.9. The van der Waals surface area contributed by atoms with Crippen LogP contribution in [0.15, 0.2) is 60.0 Å². The summed E-state index contributed by atoms with van der Waals surface area (Å²) in [6, 6.07) is 17.2. The van der Waals surface area contributed by atoms with Crippen LogP contribution in [0.2, 0.25) is 0 Å². The van der Waals surface area contributed by atoms with Gasteiger partial charge < -0.3 is 14.4 Å². The van der Waals surface area contributed by atoms with Crippen molar-refractivity contribution in [2.45, 2.75) is 20.1 Å². The third kappa shape index (κ3) is 5.65. The van der Waals surface area contributed by atoms with E-state index in [-0.39, 0.29) is 5.91 Å². The Morgan fingerprint density at radius 3 is 2.57 bits per heavy atom. The van der Waals surface area contributed by atoms with Crippen LogP contribution < -0.4 is 4.74 Å². The van der Waals surface area contributed by atoms with Crippen LogP contribution in [0.5, 0.6) is 5.75 Å². The minimum absolute atomic E-state index is 0.0249. The number of rotatable bonds is 9. The standard InChI is InChI=1S/C22H24N2O3S/c1-17-8-10-20(11-9-17)27-15-21-23-19(16-28-21)14-24(12-13-26-2)22(25)18-6-4-3-5-7-18/h3-11,16H,12-15H2,1-2H3. The molecule has 0 N–H and O–H groups in total. The lowest BCUT2D eigenvalue weighted by Crippen LogP contribution is -2.33. The minimum atomic E-state index is -0.0249. The second-order valence-corrected chi connectivity index (χ2v) is 7.36. The average Bonchev–Trinajstić information content (AvgIpc) is 3.18. The summed E-state index contributed by atoms with van der Waals surface area (Å²) in [4.78, 5) is 19.2. The molecule has 0 fully saturated rings. The molecular formula is C22H24N2O3S. The average molecular weight is 397 g/mol. The summed E-state index contributed by atoms with van der Waals surface area (Å²) in [6.07, 6.45) is 0. The number of aryl methyl sites for hydroxylation is 1. The molecule has 0 aliphatic rings. The number of carbonyl (C=O) groups excluding carboxylic acids is 1. The zero-order chi connectivity index (χ0) is 19.8. The Morgan fingerprint density at radius 1 is 1.11 bits per heavy atom. The van der Waals surface area contributed by atoms with E-state index in [1.165, 1.54) is 16.9 Å². The van der Waals surface area contributed by atoms with E-state index >= 15 is 0 Å². The van der Waals surface area contributed by atoms with Crippen LogP contribution >= 0.6 is 11.3 Å². The topological polar surface area (TPSA) is 51.7 Å². The Hall–Kier alpha value is -2.70. The van der Waals surface area contributed by atoms with Gasteiger partial charge in [0.05, 0.1) is 18.8 Å². The van der Waals surface area contributed by atoms with E-state index in [1.807, 2.05) is 66.9 Å². The van der Waals surface area contributed by atoms with Crippen molar-refractivity contribution < 1.29 is 14.3 Å². The molecule has 28 heavy (non-hydrogen) atoms. The fraction of sp³-hybridized carbons (Fsp3) is 0.273. The van der Waals surface area contributed by atoms with Crippen molar-refractivity contribution in [3.8, 4) is 5.75 Å². The van der Waals surface area contributed by atoms with E-state index in [0.717, 1.165) is 16.5 Å². The van der Waals surface area contributed by atoms with Crippen molar-refractivity contribution in [2.24, 2.45) is 0 Å².